The summed E-state index contributed by atoms with van der Waals surface area (Å²) >= 11 is 0. The Hall–Kier alpha value is -3.43. The van der Waals surface area contributed by atoms with Crippen LogP contribution in [0.1, 0.15) is 28.8 Å². The summed E-state index contributed by atoms with van der Waals surface area (Å²) in [6.07, 6.45) is 3.09. The van der Waals surface area contributed by atoms with Gasteiger partial charge in [0.25, 0.3) is 5.91 Å². The molecule has 3 aromatic rings. The molecule has 0 atom stereocenters. The molecule has 2 aromatic carbocycles. The number of carbonyl (C=O) groups excluding carboxylic acids is 1. The first-order valence-electron chi connectivity index (χ1n) is 10.1. The molecule has 32 heavy (non-hydrogen) atoms. The number of anilines is 1. The number of methoxy groups -OCH3 is 1. The molecular weight excluding hydrogens is 430 g/mol. The van der Waals surface area contributed by atoms with Crippen molar-refractivity contribution in [1.82, 2.24) is 9.71 Å². The molecule has 1 amide bonds. The third-order valence-corrected chi connectivity index (χ3v) is 6.38. The Labute approximate surface area is 186 Å². The monoisotopic (exact) mass is 453 g/mol. The van der Waals surface area contributed by atoms with Crippen LogP contribution in [0, 0.1) is 0 Å². The van der Waals surface area contributed by atoms with Crippen molar-refractivity contribution in [3.8, 4) is 11.6 Å². The molecule has 0 unspecified atom stereocenters. The van der Waals surface area contributed by atoms with Crippen LogP contribution in [0.5, 0.6) is 11.6 Å². The van der Waals surface area contributed by atoms with Crippen LogP contribution in [0.15, 0.2) is 71.8 Å². The summed E-state index contributed by atoms with van der Waals surface area (Å²) in [5.41, 5.74) is 1.66. The molecule has 9 heteroatoms. The van der Waals surface area contributed by atoms with Gasteiger partial charge in [-0.1, -0.05) is 30.3 Å². The topological polar surface area (TPSA) is 107 Å². The predicted molar refractivity (Wildman–Crippen MR) is 119 cm³/mol. The Balaban J connectivity index is 1.43. The first kappa shape index (κ1) is 21.8. The van der Waals surface area contributed by atoms with Gasteiger partial charge in [-0.15, -0.1) is 0 Å². The highest BCUT2D eigenvalue weighted by Crippen LogP contribution is 2.28. The van der Waals surface area contributed by atoms with Crippen LogP contribution in [0.3, 0.4) is 0 Å². The van der Waals surface area contributed by atoms with E-state index in [-0.39, 0.29) is 22.3 Å². The number of rotatable bonds is 9. The normalized spacial score (nSPS) is 13.4. The van der Waals surface area contributed by atoms with E-state index in [9.17, 15) is 13.2 Å². The fourth-order valence-corrected chi connectivity index (χ4v) is 4.49. The fourth-order valence-electron chi connectivity index (χ4n) is 2.99. The van der Waals surface area contributed by atoms with Gasteiger partial charge >= 0.3 is 0 Å². The van der Waals surface area contributed by atoms with Gasteiger partial charge in [0.15, 0.2) is 0 Å². The van der Waals surface area contributed by atoms with Crippen molar-refractivity contribution in [1.29, 1.82) is 0 Å². The predicted octanol–water partition coefficient (Wildman–Crippen LogP) is 3.36. The quantitative estimate of drug-likeness (QED) is 0.515. The molecule has 8 nitrogen and oxygen atoms in total. The van der Waals surface area contributed by atoms with Gasteiger partial charge in [0.2, 0.25) is 15.9 Å². The van der Waals surface area contributed by atoms with E-state index in [1.807, 2.05) is 30.3 Å². The van der Waals surface area contributed by atoms with Gasteiger partial charge in [0, 0.05) is 17.7 Å². The smallest absolute Gasteiger partial charge is 0.255 e. The van der Waals surface area contributed by atoms with E-state index in [4.69, 9.17) is 9.47 Å². The number of sulfonamides is 1. The highest BCUT2D eigenvalue weighted by molar-refractivity contribution is 7.89. The largest absolute Gasteiger partial charge is 0.495 e. The number of ether oxygens (including phenoxy) is 2. The molecule has 1 fully saturated rings. The highest BCUT2D eigenvalue weighted by Gasteiger charge is 2.30. The number of pyridine rings is 1. The molecule has 166 valence electrons. The molecule has 1 aromatic heterocycles. The third-order valence-electron chi connectivity index (χ3n) is 4.84. The maximum atomic E-state index is 12.7. The molecule has 0 saturated heterocycles. The first-order chi connectivity index (χ1) is 15.4. The minimum Gasteiger partial charge on any atom is -0.495 e. The van der Waals surface area contributed by atoms with Crippen LogP contribution in [0.25, 0.3) is 0 Å². The second-order valence-electron chi connectivity index (χ2n) is 7.37. The first-order valence-corrected chi connectivity index (χ1v) is 11.6. The number of amides is 1. The summed E-state index contributed by atoms with van der Waals surface area (Å²) in [6.45, 7) is 0.386. The van der Waals surface area contributed by atoms with E-state index in [0.29, 0.717) is 18.2 Å². The van der Waals surface area contributed by atoms with Gasteiger partial charge in [0.1, 0.15) is 17.3 Å². The third kappa shape index (κ3) is 5.43. The molecule has 2 N–H and O–H groups in total. The van der Waals surface area contributed by atoms with E-state index < -0.39 is 15.9 Å². The Morgan fingerprint density at radius 2 is 1.88 bits per heavy atom. The lowest BCUT2D eigenvalue weighted by atomic mass is 10.2. The molecule has 1 heterocycles. The van der Waals surface area contributed by atoms with E-state index in [0.717, 1.165) is 18.4 Å². The SMILES string of the molecule is COc1ccc(C(=O)Nc2ccc(OCc3ccccc3)nc2)cc1S(=O)(=O)NC1CC1. The Morgan fingerprint density at radius 3 is 2.53 bits per heavy atom. The van der Waals surface area contributed by atoms with Gasteiger partial charge in [-0.05, 0) is 42.7 Å². The van der Waals surface area contributed by atoms with Crippen molar-refractivity contribution in [2.75, 3.05) is 12.4 Å². The van der Waals surface area contributed by atoms with Crippen molar-refractivity contribution < 1.29 is 22.7 Å². The van der Waals surface area contributed by atoms with Crippen molar-refractivity contribution >= 4 is 21.6 Å². The van der Waals surface area contributed by atoms with Gasteiger partial charge in [0.05, 0.1) is 19.0 Å². The zero-order valence-corrected chi connectivity index (χ0v) is 18.3. The summed E-state index contributed by atoms with van der Waals surface area (Å²) in [5.74, 6) is 0.141. The standard InChI is InChI=1S/C23H23N3O5S/c1-30-20-11-7-17(13-21(20)32(28,29)26-18-8-9-18)23(27)25-19-10-12-22(24-14-19)31-15-16-5-3-2-4-6-16/h2-7,10-14,18,26H,8-9,15H2,1H3,(H,25,27). The second kappa shape index (κ2) is 9.37. The molecule has 1 saturated carbocycles. The van der Waals surface area contributed by atoms with Crippen LogP contribution < -0.4 is 19.5 Å². The molecule has 0 bridgehead atoms. The summed E-state index contributed by atoms with van der Waals surface area (Å²) in [7, 11) is -2.40. The van der Waals surface area contributed by atoms with E-state index >= 15 is 0 Å². The maximum Gasteiger partial charge on any atom is 0.255 e. The van der Waals surface area contributed by atoms with Crippen molar-refractivity contribution in [2.45, 2.75) is 30.4 Å². The number of aromatic nitrogens is 1. The van der Waals surface area contributed by atoms with Crippen LogP contribution in [-0.2, 0) is 16.6 Å². The Kier molecular flexibility index (Phi) is 6.38. The summed E-state index contributed by atoms with van der Waals surface area (Å²) in [6, 6.07) is 17.3. The average Bonchev–Trinajstić information content (AvgIpc) is 3.62. The second-order valence-corrected chi connectivity index (χ2v) is 9.06. The average molecular weight is 454 g/mol. The van der Waals surface area contributed by atoms with Crippen LogP contribution in [0.4, 0.5) is 5.69 Å². The number of carbonyl (C=O) groups is 1. The van der Waals surface area contributed by atoms with Gasteiger partial charge in [-0.3, -0.25) is 4.79 Å². The Bertz CT molecular complexity index is 1190. The van der Waals surface area contributed by atoms with E-state index in [1.165, 1.54) is 31.5 Å². The zero-order chi connectivity index (χ0) is 22.6. The summed E-state index contributed by atoms with van der Waals surface area (Å²) in [4.78, 5) is 16.8. The van der Waals surface area contributed by atoms with E-state index in [2.05, 4.69) is 15.0 Å². The Morgan fingerprint density at radius 1 is 1.09 bits per heavy atom. The number of hydrogen-bond donors (Lipinski definition) is 2. The minimum atomic E-state index is -3.79. The van der Waals surface area contributed by atoms with Crippen molar-refractivity contribution in [3.63, 3.8) is 0 Å². The number of benzene rings is 2. The summed E-state index contributed by atoms with van der Waals surface area (Å²) < 4.78 is 38.7. The lowest BCUT2D eigenvalue weighted by Gasteiger charge is -2.12. The van der Waals surface area contributed by atoms with Crippen LogP contribution in [-0.4, -0.2) is 32.5 Å². The number of nitrogens with one attached hydrogen (secondary N) is 2. The highest BCUT2D eigenvalue weighted by atomic mass is 32.2. The fraction of sp³-hybridized carbons (Fsp3) is 0.217. The zero-order valence-electron chi connectivity index (χ0n) is 17.4. The van der Waals surface area contributed by atoms with Crippen molar-refractivity contribution in [2.24, 2.45) is 0 Å². The molecule has 1 aliphatic rings. The lowest BCUT2D eigenvalue weighted by Crippen LogP contribution is -2.26. The van der Waals surface area contributed by atoms with Gasteiger partial charge in [-0.2, -0.15) is 0 Å². The van der Waals surface area contributed by atoms with Crippen LogP contribution >= 0.6 is 0 Å². The number of nitrogens with zero attached hydrogens (tertiary/aromatic N) is 1. The molecule has 0 spiro atoms. The molecule has 0 aliphatic heterocycles. The number of hydrogen-bond acceptors (Lipinski definition) is 6. The summed E-state index contributed by atoms with van der Waals surface area (Å²) in [5, 5.41) is 2.72. The van der Waals surface area contributed by atoms with Gasteiger partial charge in [-0.25, -0.2) is 18.1 Å². The van der Waals surface area contributed by atoms with Crippen LogP contribution in [0.2, 0.25) is 0 Å². The maximum absolute atomic E-state index is 12.7. The minimum absolute atomic E-state index is 0.0594. The van der Waals surface area contributed by atoms with E-state index in [1.54, 1.807) is 12.1 Å². The molecule has 0 radical (unpaired) electrons. The molecular formula is C23H23N3O5S. The lowest BCUT2D eigenvalue weighted by molar-refractivity contribution is 0.102. The molecule has 1 aliphatic carbocycles. The van der Waals surface area contributed by atoms with Crippen molar-refractivity contribution in [3.05, 3.63) is 78.0 Å². The molecule has 4 rings (SSSR count). The van der Waals surface area contributed by atoms with Gasteiger partial charge < -0.3 is 14.8 Å².